The molecule has 1 aliphatic carbocycles. The van der Waals surface area contributed by atoms with Gasteiger partial charge in [-0.25, -0.2) is 0 Å². The van der Waals surface area contributed by atoms with Crippen molar-refractivity contribution in [3.05, 3.63) is 95.6 Å². The molecular formula is C25H22N2O. The third-order valence-electron chi connectivity index (χ3n) is 5.79. The van der Waals surface area contributed by atoms with Gasteiger partial charge < -0.3 is 5.32 Å². The molecule has 0 aromatic heterocycles. The van der Waals surface area contributed by atoms with E-state index in [4.69, 9.17) is 0 Å². The van der Waals surface area contributed by atoms with Crippen LogP contribution in [0.1, 0.15) is 40.7 Å². The molecule has 0 bridgehead atoms. The summed E-state index contributed by atoms with van der Waals surface area (Å²) in [5.74, 6) is -0.0921. The molecule has 0 atom stereocenters. The minimum absolute atomic E-state index is 0.0381. The Morgan fingerprint density at radius 3 is 2.21 bits per heavy atom. The van der Waals surface area contributed by atoms with Crippen LogP contribution >= 0.6 is 0 Å². The predicted octanol–water partition coefficient (Wildman–Crippen LogP) is 5.08. The highest BCUT2D eigenvalue weighted by atomic mass is 16.1. The van der Waals surface area contributed by atoms with Crippen molar-refractivity contribution in [2.24, 2.45) is 0 Å². The lowest BCUT2D eigenvalue weighted by Crippen LogP contribution is -2.45. The maximum Gasteiger partial charge on any atom is 0.251 e. The summed E-state index contributed by atoms with van der Waals surface area (Å²) in [5.41, 5.74) is 4.09. The Hall–Kier alpha value is -3.38. The number of carbonyl (C=O) groups is 1. The Bertz CT molecular complexity index is 1030. The number of nitriles is 1. The van der Waals surface area contributed by atoms with Crippen LogP contribution in [-0.4, -0.2) is 12.5 Å². The monoisotopic (exact) mass is 366 g/mol. The largest absolute Gasteiger partial charge is 0.351 e. The molecule has 0 aliphatic heterocycles. The molecule has 0 spiro atoms. The smallest absolute Gasteiger partial charge is 0.251 e. The highest BCUT2D eigenvalue weighted by molar-refractivity contribution is 6.01. The van der Waals surface area contributed by atoms with E-state index < -0.39 is 0 Å². The van der Waals surface area contributed by atoms with Crippen LogP contribution in [0.3, 0.4) is 0 Å². The number of hydrogen-bond acceptors (Lipinski definition) is 2. The molecule has 138 valence electrons. The molecule has 1 saturated carbocycles. The van der Waals surface area contributed by atoms with Gasteiger partial charge in [-0.15, -0.1) is 0 Å². The molecule has 3 nitrogen and oxygen atoms in total. The number of amides is 1. The van der Waals surface area contributed by atoms with Gasteiger partial charge in [-0.1, -0.05) is 73.2 Å². The van der Waals surface area contributed by atoms with Crippen molar-refractivity contribution < 1.29 is 4.79 Å². The molecule has 0 unspecified atom stereocenters. The summed E-state index contributed by atoms with van der Waals surface area (Å²) in [6.07, 6.45) is 3.38. The quantitative estimate of drug-likeness (QED) is 0.685. The maximum absolute atomic E-state index is 13.1. The summed E-state index contributed by atoms with van der Waals surface area (Å²) in [4.78, 5) is 13.1. The number of hydrogen-bond donors (Lipinski definition) is 1. The van der Waals surface area contributed by atoms with Crippen LogP contribution in [0.25, 0.3) is 11.1 Å². The van der Waals surface area contributed by atoms with Crippen LogP contribution in [0.5, 0.6) is 0 Å². The third-order valence-corrected chi connectivity index (χ3v) is 5.79. The SMILES string of the molecule is N#Cc1ccccc1-c1ccccc1C(=O)NCC1(c2ccccc2)CCC1. The summed E-state index contributed by atoms with van der Waals surface area (Å²) in [6, 6.07) is 27.6. The highest BCUT2D eigenvalue weighted by Gasteiger charge is 2.38. The number of carbonyl (C=O) groups excluding carboxylic acids is 1. The number of benzene rings is 3. The molecule has 1 fully saturated rings. The van der Waals surface area contributed by atoms with Gasteiger partial charge in [0, 0.05) is 23.1 Å². The first-order chi connectivity index (χ1) is 13.7. The predicted molar refractivity (Wildman–Crippen MR) is 111 cm³/mol. The lowest BCUT2D eigenvalue weighted by Gasteiger charge is -2.42. The van der Waals surface area contributed by atoms with E-state index in [1.54, 1.807) is 6.07 Å². The molecular weight excluding hydrogens is 344 g/mol. The van der Waals surface area contributed by atoms with Gasteiger partial charge in [0.15, 0.2) is 0 Å². The second-order valence-electron chi connectivity index (χ2n) is 7.39. The van der Waals surface area contributed by atoms with Crippen LogP contribution < -0.4 is 5.32 Å². The minimum atomic E-state index is -0.0921. The summed E-state index contributed by atoms with van der Waals surface area (Å²) in [7, 11) is 0. The number of nitrogens with zero attached hydrogens (tertiary/aromatic N) is 1. The molecule has 1 amide bonds. The fourth-order valence-electron chi connectivity index (χ4n) is 4.04. The zero-order valence-corrected chi connectivity index (χ0v) is 15.7. The Balaban J connectivity index is 1.59. The van der Waals surface area contributed by atoms with Crippen molar-refractivity contribution >= 4 is 5.91 Å². The molecule has 1 aliphatic rings. The Morgan fingerprint density at radius 2 is 1.54 bits per heavy atom. The summed E-state index contributed by atoms with van der Waals surface area (Å²) in [6.45, 7) is 0.629. The van der Waals surface area contributed by atoms with Gasteiger partial charge in [0.2, 0.25) is 0 Å². The van der Waals surface area contributed by atoms with Crippen molar-refractivity contribution in [1.82, 2.24) is 5.32 Å². The minimum Gasteiger partial charge on any atom is -0.351 e. The Kier molecular flexibility index (Phi) is 4.95. The van der Waals surface area contributed by atoms with Crippen LogP contribution in [0, 0.1) is 11.3 Å². The fraction of sp³-hybridized carbons (Fsp3) is 0.200. The van der Waals surface area contributed by atoms with Gasteiger partial charge in [-0.3, -0.25) is 4.79 Å². The summed E-state index contributed by atoms with van der Waals surface area (Å²) < 4.78 is 0. The highest BCUT2D eigenvalue weighted by Crippen LogP contribution is 2.43. The van der Waals surface area contributed by atoms with Gasteiger partial charge in [-0.2, -0.15) is 5.26 Å². The number of rotatable bonds is 5. The van der Waals surface area contributed by atoms with Gasteiger partial charge in [0.25, 0.3) is 5.91 Å². The first kappa shape index (κ1) is 18.0. The second kappa shape index (κ2) is 7.70. The van der Waals surface area contributed by atoms with E-state index in [1.807, 2.05) is 48.5 Å². The lowest BCUT2D eigenvalue weighted by molar-refractivity contribution is 0.0928. The van der Waals surface area contributed by atoms with Crippen molar-refractivity contribution in [2.75, 3.05) is 6.54 Å². The topological polar surface area (TPSA) is 52.9 Å². The van der Waals surface area contributed by atoms with Crippen molar-refractivity contribution in [1.29, 1.82) is 5.26 Å². The van der Waals surface area contributed by atoms with Crippen molar-refractivity contribution in [3.63, 3.8) is 0 Å². The van der Waals surface area contributed by atoms with Crippen LogP contribution in [0.15, 0.2) is 78.9 Å². The molecule has 3 heteroatoms. The maximum atomic E-state index is 13.1. The lowest BCUT2D eigenvalue weighted by atomic mass is 9.64. The summed E-state index contributed by atoms with van der Waals surface area (Å²) in [5, 5.41) is 12.6. The molecule has 0 saturated heterocycles. The molecule has 4 rings (SSSR count). The van der Waals surface area contributed by atoms with E-state index in [0.717, 1.165) is 24.0 Å². The van der Waals surface area contributed by atoms with Crippen LogP contribution in [0.4, 0.5) is 0 Å². The Labute approximate surface area is 165 Å². The molecule has 28 heavy (non-hydrogen) atoms. The third kappa shape index (κ3) is 3.30. The molecule has 0 radical (unpaired) electrons. The standard InChI is InChI=1S/C25H22N2O/c26-17-19-9-4-5-12-21(19)22-13-6-7-14-23(22)24(28)27-18-25(15-8-16-25)20-10-2-1-3-11-20/h1-7,9-14H,8,15-16,18H2,(H,27,28). The Morgan fingerprint density at radius 1 is 0.893 bits per heavy atom. The van der Waals surface area contributed by atoms with Gasteiger partial charge in [0.05, 0.1) is 11.6 Å². The fourth-order valence-corrected chi connectivity index (χ4v) is 4.04. The second-order valence-corrected chi connectivity index (χ2v) is 7.39. The normalized spacial score (nSPS) is 14.5. The van der Waals surface area contributed by atoms with E-state index in [-0.39, 0.29) is 11.3 Å². The van der Waals surface area contributed by atoms with Crippen molar-refractivity contribution in [3.8, 4) is 17.2 Å². The van der Waals surface area contributed by atoms with Gasteiger partial charge >= 0.3 is 0 Å². The molecule has 3 aromatic rings. The molecule has 1 N–H and O–H groups in total. The first-order valence-corrected chi connectivity index (χ1v) is 9.66. The zero-order chi connectivity index (χ0) is 19.4. The first-order valence-electron chi connectivity index (χ1n) is 9.66. The van der Waals surface area contributed by atoms with Crippen LogP contribution in [0.2, 0.25) is 0 Å². The van der Waals surface area contributed by atoms with E-state index in [9.17, 15) is 10.1 Å². The summed E-state index contributed by atoms with van der Waals surface area (Å²) >= 11 is 0. The van der Waals surface area contributed by atoms with E-state index in [1.165, 1.54) is 12.0 Å². The average molecular weight is 366 g/mol. The van der Waals surface area contributed by atoms with E-state index in [0.29, 0.717) is 17.7 Å². The van der Waals surface area contributed by atoms with Gasteiger partial charge in [0.1, 0.15) is 0 Å². The van der Waals surface area contributed by atoms with Gasteiger partial charge in [-0.05, 0) is 36.1 Å². The van der Waals surface area contributed by atoms with E-state index in [2.05, 4.69) is 35.7 Å². The molecule has 3 aromatic carbocycles. The number of nitrogens with one attached hydrogen (secondary N) is 1. The van der Waals surface area contributed by atoms with Crippen LogP contribution in [-0.2, 0) is 5.41 Å². The van der Waals surface area contributed by atoms with E-state index >= 15 is 0 Å². The zero-order valence-electron chi connectivity index (χ0n) is 15.7. The van der Waals surface area contributed by atoms with Crippen molar-refractivity contribution in [2.45, 2.75) is 24.7 Å². The molecule has 0 heterocycles. The average Bonchev–Trinajstić information content (AvgIpc) is 2.73.